The molecule has 0 bridgehead atoms. The van der Waals surface area contributed by atoms with Crippen LogP contribution in [0.5, 0.6) is 5.75 Å². The lowest BCUT2D eigenvalue weighted by Gasteiger charge is -2.31. The maximum atomic E-state index is 12.8. The minimum absolute atomic E-state index is 0.338. The standard InChI is InChI=1S/C31H38N2O6S/c1-17-9-10-21(15-18(17)2)26-19(3)25(22-11-12-24-23(16-22)32-13-14-38-24)27(20(4)28(26)33-40(8,36)37)29(30(34)35)39-31(5,6)7/h9-12,15-16,29,32-33H,13-14H2,1-8H3,(H,34,35). The van der Waals surface area contributed by atoms with Gasteiger partial charge >= 0.3 is 5.97 Å². The third kappa shape index (κ3) is 6.10. The van der Waals surface area contributed by atoms with Crippen LogP contribution in [0.15, 0.2) is 36.4 Å². The highest BCUT2D eigenvalue weighted by atomic mass is 32.2. The van der Waals surface area contributed by atoms with Gasteiger partial charge in [0.05, 0.1) is 23.2 Å². The predicted octanol–water partition coefficient (Wildman–Crippen LogP) is 6.37. The van der Waals surface area contributed by atoms with Crippen molar-refractivity contribution in [3.05, 3.63) is 64.2 Å². The van der Waals surface area contributed by atoms with Crippen LogP contribution in [0.4, 0.5) is 11.4 Å². The van der Waals surface area contributed by atoms with Crippen molar-refractivity contribution in [2.75, 3.05) is 29.4 Å². The lowest BCUT2D eigenvalue weighted by atomic mass is 9.82. The molecule has 3 aromatic carbocycles. The number of rotatable bonds is 7. The number of aliphatic carboxylic acids is 1. The monoisotopic (exact) mass is 566 g/mol. The van der Waals surface area contributed by atoms with E-state index in [9.17, 15) is 18.3 Å². The fourth-order valence-electron chi connectivity index (χ4n) is 5.18. The predicted molar refractivity (Wildman–Crippen MR) is 160 cm³/mol. The number of nitrogens with one attached hydrogen (secondary N) is 2. The summed E-state index contributed by atoms with van der Waals surface area (Å²) < 4.78 is 39.9. The minimum atomic E-state index is -3.72. The van der Waals surface area contributed by atoms with Crippen molar-refractivity contribution < 1.29 is 27.8 Å². The smallest absolute Gasteiger partial charge is 0.337 e. The van der Waals surface area contributed by atoms with Gasteiger partial charge in [-0.1, -0.05) is 24.3 Å². The van der Waals surface area contributed by atoms with Gasteiger partial charge in [-0.05, 0) is 99.5 Å². The molecular formula is C31H38N2O6S. The van der Waals surface area contributed by atoms with E-state index in [0.29, 0.717) is 41.1 Å². The summed E-state index contributed by atoms with van der Waals surface area (Å²) in [6.45, 7) is 14.3. The van der Waals surface area contributed by atoms with Gasteiger partial charge < -0.3 is 19.9 Å². The molecule has 0 fully saturated rings. The number of anilines is 2. The number of aryl methyl sites for hydroxylation is 2. The molecule has 0 radical (unpaired) electrons. The fourth-order valence-corrected chi connectivity index (χ4v) is 5.80. The molecule has 0 saturated heterocycles. The largest absolute Gasteiger partial charge is 0.490 e. The lowest BCUT2D eigenvalue weighted by molar-refractivity contribution is -0.160. The van der Waals surface area contributed by atoms with Gasteiger partial charge in [0.1, 0.15) is 12.4 Å². The number of carboxylic acid groups (broad SMARTS) is 1. The third-order valence-electron chi connectivity index (χ3n) is 7.03. The van der Waals surface area contributed by atoms with Crippen molar-refractivity contribution in [1.82, 2.24) is 0 Å². The molecule has 0 amide bonds. The number of carbonyl (C=O) groups is 1. The molecule has 0 aliphatic carbocycles. The van der Waals surface area contributed by atoms with Gasteiger partial charge in [0.2, 0.25) is 10.0 Å². The van der Waals surface area contributed by atoms with Crippen LogP contribution in [0.2, 0.25) is 0 Å². The number of carboxylic acids is 1. The van der Waals surface area contributed by atoms with E-state index in [2.05, 4.69) is 10.0 Å². The highest BCUT2D eigenvalue weighted by Gasteiger charge is 2.34. The summed E-state index contributed by atoms with van der Waals surface area (Å²) in [6.07, 6.45) is -0.266. The van der Waals surface area contributed by atoms with Crippen LogP contribution in [0.3, 0.4) is 0 Å². The SMILES string of the molecule is Cc1ccc(-c2c(C)c(-c3ccc4c(c3)NCCO4)c(C(OC(C)(C)C)C(=O)O)c(C)c2NS(C)(=O)=O)cc1C. The maximum Gasteiger partial charge on any atom is 0.337 e. The molecule has 4 rings (SSSR count). The molecule has 1 heterocycles. The first kappa shape index (κ1) is 29.4. The van der Waals surface area contributed by atoms with Crippen LogP contribution in [0, 0.1) is 27.7 Å². The summed E-state index contributed by atoms with van der Waals surface area (Å²) in [4.78, 5) is 12.8. The van der Waals surface area contributed by atoms with E-state index < -0.39 is 27.7 Å². The summed E-state index contributed by atoms with van der Waals surface area (Å²) in [5, 5.41) is 13.8. The Kier molecular flexibility index (Phi) is 7.93. The molecule has 8 nitrogen and oxygen atoms in total. The quantitative estimate of drug-likeness (QED) is 0.304. The van der Waals surface area contributed by atoms with Crippen molar-refractivity contribution in [3.8, 4) is 28.0 Å². The second-order valence-electron chi connectivity index (χ2n) is 11.4. The van der Waals surface area contributed by atoms with Crippen molar-refractivity contribution in [2.24, 2.45) is 0 Å². The Labute approximate surface area is 236 Å². The van der Waals surface area contributed by atoms with Gasteiger partial charge in [-0.2, -0.15) is 0 Å². The molecule has 40 heavy (non-hydrogen) atoms. The Morgan fingerprint density at radius 2 is 1.65 bits per heavy atom. The van der Waals surface area contributed by atoms with Gasteiger partial charge in [-0.15, -0.1) is 0 Å². The highest BCUT2D eigenvalue weighted by molar-refractivity contribution is 7.92. The number of sulfonamides is 1. The van der Waals surface area contributed by atoms with E-state index in [1.165, 1.54) is 0 Å². The Morgan fingerprint density at radius 3 is 2.25 bits per heavy atom. The van der Waals surface area contributed by atoms with Gasteiger partial charge in [-0.25, -0.2) is 13.2 Å². The molecule has 1 aliphatic heterocycles. The summed E-state index contributed by atoms with van der Waals surface area (Å²) in [6, 6.07) is 11.7. The van der Waals surface area contributed by atoms with Gasteiger partial charge in [0.15, 0.2) is 6.10 Å². The molecule has 9 heteroatoms. The average molecular weight is 567 g/mol. The summed E-state index contributed by atoms with van der Waals surface area (Å²) >= 11 is 0. The van der Waals surface area contributed by atoms with Crippen LogP contribution in [0.1, 0.15) is 54.7 Å². The Balaban J connectivity index is 2.17. The summed E-state index contributed by atoms with van der Waals surface area (Å²) in [5.41, 5.74) is 7.09. The van der Waals surface area contributed by atoms with E-state index in [1.54, 1.807) is 27.7 Å². The lowest BCUT2D eigenvalue weighted by Crippen LogP contribution is -2.29. The van der Waals surface area contributed by atoms with E-state index >= 15 is 0 Å². The van der Waals surface area contributed by atoms with Crippen LogP contribution in [0.25, 0.3) is 22.3 Å². The van der Waals surface area contributed by atoms with E-state index in [-0.39, 0.29) is 0 Å². The first-order valence-electron chi connectivity index (χ1n) is 13.2. The molecule has 0 saturated carbocycles. The van der Waals surface area contributed by atoms with Crippen molar-refractivity contribution >= 4 is 27.4 Å². The third-order valence-corrected chi connectivity index (χ3v) is 7.61. The van der Waals surface area contributed by atoms with Gasteiger partial charge in [0.25, 0.3) is 0 Å². The molecule has 0 aromatic heterocycles. The number of ether oxygens (including phenoxy) is 2. The number of benzene rings is 3. The Bertz CT molecular complexity index is 1590. The molecular weight excluding hydrogens is 528 g/mol. The maximum absolute atomic E-state index is 12.8. The zero-order valence-corrected chi connectivity index (χ0v) is 25.2. The Hall–Kier alpha value is -3.56. The molecule has 1 unspecified atom stereocenters. The molecule has 214 valence electrons. The van der Waals surface area contributed by atoms with Gasteiger partial charge in [0, 0.05) is 17.7 Å². The first-order chi connectivity index (χ1) is 18.6. The van der Waals surface area contributed by atoms with E-state index in [1.807, 2.05) is 57.2 Å². The van der Waals surface area contributed by atoms with Crippen LogP contribution >= 0.6 is 0 Å². The molecule has 0 spiro atoms. The normalized spacial score (nSPS) is 14.1. The van der Waals surface area contributed by atoms with Crippen molar-refractivity contribution in [3.63, 3.8) is 0 Å². The van der Waals surface area contributed by atoms with Crippen LogP contribution in [-0.2, 0) is 19.6 Å². The van der Waals surface area contributed by atoms with Crippen molar-refractivity contribution in [2.45, 2.75) is 60.2 Å². The zero-order chi connectivity index (χ0) is 29.6. The first-order valence-corrected chi connectivity index (χ1v) is 15.1. The minimum Gasteiger partial charge on any atom is -0.490 e. The van der Waals surface area contributed by atoms with Crippen LogP contribution < -0.4 is 14.8 Å². The zero-order valence-electron chi connectivity index (χ0n) is 24.4. The molecule has 1 atom stereocenters. The fraction of sp³-hybridized carbons (Fsp3) is 0.387. The number of hydrogen-bond acceptors (Lipinski definition) is 6. The second-order valence-corrected chi connectivity index (χ2v) is 13.1. The molecule has 3 aromatic rings. The topological polar surface area (TPSA) is 114 Å². The van der Waals surface area contributed by atoms with E-state index in [0.717, 1.165) is 45.5 Å². The summed E-state index contributed by atoms with van der Waals surface area (Å²) in [7, 11) is -3.72. The molecule has 1 aliphatic rings. The van der Waals surface area contributed by atoms with Crippen LogP contribution in [-0.4, -0.2) is 44.5 Å². The van der Waals surface area contributed by atoms with E-state index in [4.69, 9.17) is 9.47 Å². The van der Waals surface area contributed by atoms with Crippen molar-refractivity contribution in [1.29, 1.82) is 0 Å². The second kappa shape index (κ2) is 10.8. The molecule has 3 N–H and O–H groups in total. The Morgan fingerprint density at radius 1 is 1.00 bits per heavy atom. The summed E-state index contributed by atoms with van der Waals surface area (Å²) in [5.74, 6) is -0.446. The highest BCUT2D eigenvalue weighted by Crippen LogP contribution is 2.48. The average Bonchev–Trinajstić information content (AvgIpc) is 2.85. The van der Waals surface area contributed by atoms with Gasteiger partial charge in [-0.3, -0.25) is 4.72 Å². The number of fused-ring (bicyclic) bond motifs is 1. The number of hydrogen-bond donors (Lipinski definition) is 3.